The molecule has 6 heteroatoms. The first-order chi connectivity index (χ1) is 7.93. The number of rotatable bonds is 2. The van der Waals surface area contributed by atoms with Gasteiger partial charge in [-0.25, -0.2) is 0 Å². The highest BCUT2D eigenvalue weighted by Gasteiger charge is 2.34. The summed E-state index contributed by atoms with van der Waals surface area (Å²) in [5.41, 5.74) is -1.86. The fourth-order valence-corrected chi connectivity index (χ4v) is 1.34. The molecule has 1 aromatic carbocycles. The summed E-state index contributed by atoms with van der Waals surface area (Å²) in [6.07, 6.45) is -4.96. The van der Waals surface area contributed by atoms with Gasteiger partial charge in [0.25, 0.3) is 0 Å². The largest absolute Gasteiger partial charge is 0.417 e. The van der Waals surface area contributed by atoms with Gasteiger partial charge in [-0.1, -0.05) is 0 Å². The maximum Gasteiger partial charge on any atom is 0.417 e. The third-order valence-electron chi connectivity index (χ3n) is 2.10. The number of carbonyl (C=O) groups is 1. The third kappa shape index (κ3) is 2.61. The normalized spacial score (nSPS) is 10.4. The highest BCUT2D eigenvalue weighted by molar-refractivity contribution is 5.79. The Kier molecular flexibility index (Phi) is 3.49. The monoisotopic (exact) mass is 238 g/mol. The molecule has 1 rings (SSSR count). The summed E-state index contributed by atoms with van der Waals surface area (Å²) in [6.45, 7) is 0. The van der Waals surface area contributed by atoms with Gasteiger partial charge in [0, 0.05) is 5.56 Å². The molecule has 0 bridgehead atoms. The molecule has 0 N–H and O–H groups in total. The van der Waals surface area contributed by atoms with Gasteiger partial charge in [-0.05, 0) is 17.7 Å². The van der Waals surface area contributed by atoms with Crippen molar-refractivity contribution >= 4 is 6.29 Å². The lowest BCUT2D eigenvalue weighted by Gasteiger charge is -2.11. The molecule has 0 radical (unpaired) electrons. The molecule has 0 atom stereocenters. The van der Waals surface area contributed by atoms with E-state index >= 15 is 0 Å². The van der Waals surface area contributed by atoms with Crippen molar-refractivity contribution < 1.29 is 18.0 Å². The molecule has 0 aliphatic rings. The predicted octanol–water partition coefficient (Wildman–Crippen LogP) is 2.46. The number of carbonyl (C=O) groups excluding carboxylic acids is 1. The minimum Gasteiger partial charge on any atom is -0.298 e. The zero-order valence-corrected chi connectivity index (χ0v) is 8.38. The molecule has 86 valence electrons. The van der Waals surface area contributed by atoms with Gasteiger partial charge in [-0.15, -0.1) is 0 Å². The molecule has 17 heavy (non-hydrogen) atoms. The van der Waals surface area contributed by atoms with Crippen LogP contribution in [0, 0.1) is 22.7 Å². The lowest BCUT2D eigenvalue weighted by atomic mass is 9.97. The fourth-order valence-electron chi connectivity index (χ4n) is 1.34. The molecule has 0 fully saturated rings. The van der Waals surface area contributed by atoms with Crippen molar-refractivity contribution in [3.8, 4) is 12.1 Å². The van der Waals surface area contributed by atoms with Crippen LogP contribution in [-0.2, 0) is 12.6 Å². The smallest absolute Gasteiger partial charge is 0.298 e. The Morgan fingerprint density at radius 1 is 1.29 bits per heavy atom. The molecule has 0 aliphatic carbocycles. The second-order valence-corrected chi connectivity index (χ2v) is 3.16. The Hall–Kier alpha value is -2.34. The van der Waals surface area contributed by atoms with E-state index in [4.69, 9.17) is 10.5 Å². The van der Waals surface area contributed by atoms with E-state index in [0.29, 0.717) is 6.07 Å². The number of nitrogens with zero attached hydrogens (tertiary/aromatic N) is 2. The molecule has 3 nitrogen and oxygen atoms in total. The van der Waals surface area contributed by atoms with Gasteiger partial charge >= 0.3 is 6.18 Å². The molecule has 0 heterocycles. The van der Waals surface area contributed by atoms with Crippen LogP contribution in [0.2, 0.25) is 0 Å². The van der Waals surface area contributed by atoms with Gasteiger partial charge in [-0.3, -0.25) is 4.79 Å². The van der Waals surface area contributed by atoms with Crippen molar-refractivity contribution in [2.45, 2.75) is 12.6 Å². The molecule has 0 saturated heterocycles. The van der Waals surface area contributed by atoms with E-state index in [-0.39, 0.29) is 23.8 Å². The molecule has 0 spiro atoms. The first kappa shape index (κ1) is 12.7. The average Bonchev–Trinajstić information content (AvgIpc) is 2.27. The molecular weight excluding hydrogens is 233 g/mol. The van der Waals surface area contributed by atoms with Crippen molar-refractivity contribution in [2.24, 2.45) is 0 Å². The van der Waals surface area contributed by atoms with Crippen LogP contribution in [0.15, 0.2) is 12.1 Å². The minimum absolute atomic E-state index is 0.0343. The van der Waals surface area contributed by atoms with Crippen LogP contribution >= 0.6 is 0 Å². The second kappa shape index (κ2) is 4.67. The topological polar surface area (TPSA) is 64.7 Å². The Balaban J connectivity index is 3.52. The Morgan fingerprint density at radius 2 is 1.94 bits per heavy atom. The van der Waals surface area contributed by atoms with E-state index in [2.05, 4.69) is 0 Å². The van der Waals surface area contributed by atoms with Crippen molar-refractivity contribution in [2.75, 3.05) is 0 Å². The summed E-state index contributed by atoms with van der Waals surface area (Å²) < 4.78 is 37.7. The quantitative estimate of drug-likeness (QED) is 0.743. The van der Waals surface area contributed by atoms with Gasteiger partial charge < -0.3 is 0 Å². The lowest BCUT2D eigenvalue weighted by Crippen LogP contribution is -2.10. The van der Waals surface area contributed by atoms with E-state index in [1.807, 2.05) is 0 Å². The van der Waals surface area contributed by atoms with Crippen LogP contribution in [0.4, 0.5) is 13.2 Å². The summed E-state index contributed by atoms with van der Waals surface area (Å²) >= 11 is 0. The third-order valence-corrected chi connectivity index (χ3v) is 2.10. The van der Waals surface area contributed by atoms with Gasteiger partial charge in [0.2, 0.25) is 0 Å². The van der Waals surface area contributed by atoms with Crippen LogP contribution in [0.3, 0.4) is 0 Å². The summed E-state index contributed by atoms with van der Waals surface area (Å²) in [5.74, 6) is 0. The number of halogens is 3. The number of alkyl halides is 3. The van der Waals surface area contributed by atoms with Gasteiger partial charge in [0.15, 0.2) is 6.29 Å². The molecule has 0 aromatic heterocycles. The van der Waals surface area contributed by atoms with E-state index in [0.717, 1.165) is 6.07 Å². The minimum atomic E-state index is -4.69. The molecule has 0 aliphatic heterocycles. The van der Waals surface area contributed by atoms with E-state index in [9.17, 15) is 18.0 Å². The van der Waals surface area contributed by atoms with Crippen LogP contribution in [0.5, 0.6) is 0 Å². The zero-order valence-electron chi connectivity index (χ0n) is 8.38. The van der Waals surface area contributed by atoms with E-state index in [1.165, 1.54) is 0 Å². The summed E-state index contributed by atoms with van der Waals surface area (Å²) in [4.78, 5) is 10.5. The van der Waals surface area contributed by atoms with Crippen molar-refractivity contribution in [3.63, 3.8) is 0 Å². The Bertz CT molecular complexity index is 535. The fraction of sp³-hybridized carbons (Fsp3) is 0.182. The van der Waals surface area contributed by atoms with Crippen molar-refractivity contribution in [1.29, 1.82) is 10.5 Å². The van der Waals surface area contributed by atoms with E-state index in [1.54, 1.807) is 12.1 Å². The molecule has 0 saturated carbocycles. The van der Waals surface area contributed by atoms with Gasteiger partial charge in [-0.2, -0.15) is 23.7 Å². The van der Waals surface area contributed by atoms with Crippen LogP contribution in [-0.4, -0.2) is 6.29 Å². The average molecular weight is 238 g/mol. The Morgan fingerprint density at radius 3 is 2.35 bits per heavy atom. The van der Waals surface area contributed by atoms with Crippen LogP contribution in [0.25, 0.3) is 0 Å². The van der Waals surface area contributed by atoms with Crippen LogP contribution < -0.4 is 0 Å². The number of benzene rings is 1. The SMILES string of the molecule is N#CCc1cc(C(F)(F)F)c(C=O)cc1C#N. The predicted molar refractivity (Wildman–Crippen MR) is 50.9 cm³/mol. The number of hydrogen-bond acceptors (Lipinski definition) is 3. The standard InChI is InChI=1S/C11H5F3N2O/c12-11(13,14)10-4-7(1-2-15)8(5-16)3-9(10)6-17/h3-4,6H,1H2. The molecular formula is C11H5F3N2O. The van der Waals surface area contributed by atoms with Crippen LogP contribution in [0.1, 0.15) is 27.0 Å². The highest BCUT2D eigenvalue weighted by atomic mass is 19.4. The first-order valence-electron chi connectivity index (χ1n) is 4.40. The van der Waals surface area contributed by atoms with Gasteiger partial charge in [0.1, 0.15) is 0 Å². The number of nitriles is 2. The number of hydrogen-bond donors (Lipinski definition) is 0. The summed E-state index contributed by atoms with van der Waals surface area (Å²) in [6, 6.07) is 4.85. The zero-order chi connectivity index (χ0) is 13.1. The summed E-state index contributed by atoms with van der Waals surface area (Å²) in [7, 11) is 0. The van der Waals surface area contributed by atoms with E-state index < -0.39 is 17.3 Å². The second-order valence-electron chi connectivity index (χ2n) is 3.16. The maximum atomic E-state index is 12.6. The van der Waals surface area contributed by atoms with Gasteiger partial charge in [0.05, 0.1) is 29.7 Å². The van der Waals surface area contributed by atoms with Crippen molar-refractivity contribution in [1.82, 2.24) is 0 Å². The molecule has 0 unspecified atom stereocenters. The highest BCUT2D eigenvalue weighted by Crippen LogP contribution is 2.33. The van der Waals surface area contributed by atoms with Crippen molar-refractivity contribution in [3.05, 3.63) is 34.4 Å². The summed E-state index contributed by atoms with van der Waals surface area (Å²) in [5, 5.41) is 17.2. The molecule has 0 amide bonds. The Labute approximate surface area is 94.7 Å². The maximum absolute atomic E-state index is 12.6. The lowest BCUT2D eigenvalue weighted by molar-refractivity contribution is -0.137. The first-order valence-corrected chi connectivity index (χ1v) is 4.40. The number of aldehydes is 1. The molecule has 1 aromatic rings.